The van der Waals surface area contributed by atoms with Gasteiger partial charge in [0.2, 0.25) is 10.0 Å². The molecule has 0 aromatic carbocycles. The zero-order chi connectivity index (χ0) is 13.8. The van der Waals surface area contributed by atoms with Crippen molar-refractivity contribution in [2.75, 3.05) is 52.0 Å². The van der Waals surface area contributed by atoms with E-state index in [0.717, 1.165) is 32.5 Å². The lowest BCUT2D eigenvalue weighted by Gasteiger charge is -2.36. The molecule has 1 aliphatic heterocycles. The van der Waals surface area contributed by atoms with E-state index >= 15 is 0 Å². The Morgan fingerprint density at radius 1 is 1.22 bits per heavy atom. The normalized spacial score (nSPS) is 19.9. The van der Waals surface area contributed by atoms with Crippen LogP contribution in [0, 0.1) is 0 Å². The van der Waals surface area contributed by atoms with Crippen LogP contribution in [0.25, 0.3) is 0 Å². The van der Waals surface area contributed by atoms with Gasteiger partial charge in [-0.05, 0) is 47.1 Å². The third-order valence-corrected chi connectivity index (χ3v) is 6.56. The molecule has 1 heterocycles. The van der Waals surface area contributed by atoms with Crippen molar-refractivity contribution in [1.82, 2.24) is 14.1 Å². The molecule has 0 bridgehead atoms. The summed E-state index contributed by atoms with van der Waals surface area (Å²) in [6.45, 7) is 3.29. The van der Waals surface area contributed by atoms with E-state index in [1.807, 2.05) is 19.0 Å². The van der Waals surface area contributed by atoms with Crippen molar-refractivity contribution in [2.45, 2.75) is 18.9 Å². The molecule has 0 aromatic rings. The number of nitrogens with zero attached hydrogens (tertiary/aromatic N) is 3. The minimum absolute atomic E-state index is 0.0137. The van der Waals surface area contributed by atoms with Gasteiger partial charge in [0.1, 0.15) is 4.66 Å². The molecule has 0 N–H and O–H groups in total. The molecule has 1 saturated heterocycles. The van der Waals surface area contributed by atoms with E-state index < -0.39 is 10.0 Å². The average Bonchev–Trinajstić information content (AvgIpc) is 2.31. The summed E-state index contributed by atoms with van der Waals surface area (Å²) in [6, 6.07) is 0.156. The van der Waals surface area contributed by atoms with E-state index in [0.29, 0.717) is 6.54 Å². The maximum Gasteiger partial charge on any atom is 0.224 e. The van der Waals surface area contributed by atoms with Gasteiger partial charge in [0.15, 0.2) is 0 Å². The molecule has 0 saturated carbocycles. The molecule has 0 amide bonds. The van der Waals surface area contributed by atoms with Crippen molar-refractivity contribution in [1.29, 1.82) is 0 Å². The van der Waals surface area contributed by atoms with Crippen molar-refractivity contribution < 1.29 is 8.42 Å². The molecule has 1 rings (SSSR count). The van der Waals surface area contributed by atoms with Crippen molar-refractivity contribution in [3.8, 4) is 0 Å². The lowest BCUT2D eigenvalue weighted by Crippen LogP contribution is -2.48. The number of sulfonamides is 1. The molecule has 108 valence electrons. The lowest BCUT2D eigenvalue weighted by molar-refractivity contribution is 0.176. The van der Waals surface area contributed by atoms with Crippen molar-refractivity contribution in [3.63, 3.8) is 0 Å². The maximum atomic E-state index is 12.1. The fourth-order valence-corrected chi connectivity index (χ4v) is 4.13. The number of halogens is 1. The van der Waals surface area contributed by atoms with Crippen LogP contribution >= 0.6 is 15.9 Å². The van der Waals surface area contributed by atoms with Crippen LogP contribution in [0.4, 0.5) is 0 Å². The molecular weight excluding hydrogens is 318 g/mol. The Morgan fingerprint density at radius 2 is 1.78 bits per heavy atom. The van der Waals surface area contributed by atoms with Crippen LogP contribution < -0.4 is 0 Å². The van der Waals surface area contributed by atoms with Crippen molar-refractivity contribution in [2.24, 2.45) is 0 Å². The molecule has 0 aliphatic carbocycles. The first-order valence-electron chi connectivity index (χ1n) is 6.25. The Hall–Kier alpha value is 0.310. The highest BCUT2D eigenvalue weighted by Crippen LogP contribution is 2.20. The number of likely N-dealkylation sites (tertiary alicyclic amines) is 1. The number of likely N-dealkylation sites (N-methyl/N-ethyl adjacent to an activating group) is 1. The van der Waals surface area contributed by atoms with Crippen LogP contribution in [0.15, 0.2) is 0 Å². The minimum Gasteiger partial charge on any atom is -0.308 e. The molecule has 5 nitrogen and oxygen atoms in total. The monoisotopic (exact) mass is 341 g/mol. The van der Waals surface area contributed by atoms with Crippen LogP contribution in [0.2, 0.25) is 0 Å². The fourth-order valence-electron chi connectivity index (χ4n) is 2.19. The van der Waals surface area contributed by atoms with E-state index in [4.69, 9.17) is 0 Å². The molecule has 1 aliphatic rings. The first kappa shape index (κ1) is 16.4. The molecule has 0 aromatic heterocycles. The third-order valence-electron chi connectivity index (χ3n) is 3.36. The first-order valence-corrected chi connectivity index (χ1v) is 8.98. The van der Waals surface area contributed by atoms with E-state index in [9.17, 15) is 8.42 Å². The Morgan fingerprint density at radius 3 is 2.22 bits per heavy atom. The standard InChI is InChI=1S/C11H24BrN3O2S/c1-13(2)8-9-15(18(16,17)10-12)11-4-6-14(3)7-5-11/h11H,4-10H2,1-3H3. The van der Waals surface area contributed by atoms with Crippen LogP contribution in [0.3, 0.4) is 0 Å². The zero-order valence-electron chi connectivity index (χ0n) is 11.5. The molecule has 1 fully saturated rings. The number of rotatable bonds is 6. The maximum absolute atomic E-state index is 12.1. The van der Waals surface area contributed by atoms with Gasteiger partial charge >= 0.3 is 0 Å². The highest BCUT2D eigenvalue weighted by molar-refractivity contribution is 9.10. The summed E-state index contributed by atoms with van der Waals surface area (Å²) in [5.41, 5.74) is 0. The molecule has 0 unspecified atom stereocenters. The topological polar surface area (TPSA) is 43.9 Å². The van der Waals surface area contributed by atoms with E-state index in [-0.39, 0.29) is 10.7 Å². The summed E-state index contributed by atoms with van der Waals surface area (Å²) < 4.78 is 26.0. The second-order valence-electron chi connectivity index (χ2n) is 5.17. The van der Waals surface area contributed by atoms with Gasteiger partial charge in [0.25, 0.3) is 0 Å². The number of alkyl halides is 1. The Bertz CT molecular complexity index is 340. The molecule has 7 heteroatoms. The zero-order valence-corrected chi connectivity index (χ0v) is 13.9. The first-order chi connectivity index (χ1) is 8.36. The van der Waals surface area contributed by atoms with Crippen LogP contribution in [0.1, 0.15) is 12.8 Å². The van der Waals surface area contributed by atoms with Gasteiger partial charge in [-0.15, -0.1) is 0 Å². The van der Waals surface area contributed by atoms with Gasteiger partial charge in [-0.25, -0.2) is 8.42 Å². The predicted molar refractivity (Wildman–Crippen MR) is 78.5 cm³/mol. The Balaban J connectivity index is 2.71. The summed E-state index contributed by atoms with van der Waals surface area (Å²) >= 11 is 3.10. The second-order valence-corrected chi connectivity index (χ2v) is 8.39. The van der Waals surface area contributed by atoms with Gasteiger partial charge in [0.05, 0.1) is 0 Å². The van der Waals surface area contributed by atoms with Gasteiger partial charge < -0.3 is 9.80 Å². The van der Waals surface area contributed by atoms with Gasteiger partial charge in [-0.3, -0.25) is 0 Å². The Labute approximate surface area is 119 Å². The van der Waals surface area contributed by atoms with E-state index in [2.05, 4.69) is 27.9 Å². The average molecular weight is 342 g/mol. The third kappa shape index (κ3) is 4.77. The molecule has 0 spiro atoms. The fraction of sp³-hybridized carbons (Fsp3) is 1.00. The van der Waals surface area contributed by atoms with Crippen molar-refractivity contribution >= 4 is 26.0 Å². The molecule has 0 atom stereocenters. The number of hydrogen-bond donors (Lipinski definition) is 0. The molecule has 0 radical (unpaired) electrons. The van der Waals surface area contributed by atoms with Crippen molar-refractivity contribution in [3.05, 3.63) is 0 Å². The summed E-state index contributed by atoms with van der Waals surface area (Å²) in [5.74, 6) is 0. The molecular formula is C11H24BrN3O2S. The Kier molecular flexibility index (Phi) is 6.54. The SMILES string of the molecule is CN(C)CCN(C1CCN(C)CC1)S(=O)(=O)CBr. The summed E-state index contributed by atoms with van der Waals surface area (Å²) in [5, 5.41) is 0. The number of hydrogen-bond acceptors (Lipinski definition) is 4. The molecule has 18 heavy (non-hydrogen) atoms. The lowest BCUT2D eigenvalue weighted by atomic mass is 10.1. The minimum atomic E-state index is -3.17. The van der Waals surface area contributed by atoms with E-state index in [1.54, 1.807) is 4.31 Å². The largest absolute Gasteiger partial charge is 0.308 e. The van der Waals surface area contributed by atoms with Crippen LogP contribution in [-0.4, -0.2) is 80.5 Å². The highest BCUT2D eigenvalue weighted by Gasteiger charge is 2.30. The van der Waals surface area contributed by atoms with Gasteiger partial charge in [-0.1, -0.05) is 15.9 Å². The predicted octanol–water partition coefficient (Wildman–Crippen LogP) is 0.626. The smallest absolute Gasteiger partial charge is 0.224 e. The number of piperidine rings is 1. The van der Waals surface area contributed by atoms with Crippen LogP contribution in [0.5, 0.6) is 0 Å². The quantitative estimate of drug-likeness (QED) is 0.664. The van der Waals surface area contributed by atoms with E-state index in [1.165, 1.54) is 0 Å². The second kappa shape index (κ2) is 7.19. The summed E-state index contributed by atoms with van der Waals surface area (Å²) in [7, 11) is 2.85. The van der Waals surface area contributed by atoms with Gasteiger partial charge in [0, 0.05) is 19.1 Å². The summed E-state index contributed by atoms with van der Waals surface area (Å²) in [4.78, 5) is 4.27. The summed E-state index contributed by atoms with van der Waals surface area (Å²) in [6.07, 6.45) is 1.85. The highest BCUT2D eigenvalue weighted by atomic mass is 79.9. The van der Waals surface area contributed by atoms with Gasteiger partial charge in [-0.2, -0.15) is 4.31 Å². The van der Waals surface area contributed by atoms with Crippen LogP contribution in [-0.2, 0) is 10.0 Å².